The number of benzene rings is 2. The molecule has 2 fully saturated rings. The number of carbonyl (C=O) groups is 2. The summed E-state index contributed by atoms with van der Waals surface area (Å²) in [5.74, 6) is 0.250. The molecule has 132 valence electrons. The van der Waals surface area contributed by atoms with Crippen LogP contribution < -0.4 is 0 Å². The van der Waals surface area contributed by atoms with E-state index in [0.29, 0.717) is 23.7 Å². The summed E-state index contributed by atoms with van der Waals surface area (Å²) in [5, 5.41) is 0.643. The van der Waals surface area contributed by atoms with Crippen molar-refractivity contribution in [2.24, 2.45) is 5.92 Å². The van der Waals surface area contributed by atoms with Crippen LogP contribution in [0.4, 0.5) is 0 Å². The molecule has 5 rings (SSSR count). The van der Waals surface area contributed by atoms with Gasteiger partial charge in [-0.1, -0.05) is 48.4 Å². The molecule has 2 amide bonds. The SMILES string of the molecule is O=C1c2ccccc2C2(c3ccc(Cl)cc3)N1CCN2C(=O)C1CCC1. The van der Waals surface area contributed by atoms with Crippen molar-refractivity contribution in [1.82, 2.24) is 9.80 Å². The summed E-state index contributed by atoms with van der Waals surface area (Å²) < 4.78 is 0. The maximum absolute atomic E-state index is 13.3. The van der Waals surface area contributed by atoms with Gasteiger partial charge in [0.25, 0.3) is 5.91 Å². The van der Waals surface area contributed by atoms with E-state index in [9.17, 15) is 9.59 Å². The van der Waals surface area contributed by atoms with Gasteiger partial charge in [0.15, 0.2) is 5.66 Å². The molecule has 1 atom stereocenters. The first-order chi connectivity index (χ1) is 12.6. The summed E-state index contributed by atoms with van der Waals surface area (Å²) in [6, 6.07) is 15.2. The van der Waals surface area contributed by atoms with Crippen LogP contribution in [0.2, 0.25) is 5.02 Å². The molecular formula is C21H19ClN2O2. The maximum atomic E-state index is 13.3. The van der Waals surface area contributed by atoms with Crippen molar-refractivity contribution >= 4 is 23.4 Å². The zero-order valence-electron chi connectivity index (χ0n) is 14.3. The molecular weight excluding hydrogens is 348 g/mol. The van der Waals surface area contributed by atoms with Gasteiger partial charge in [-0.15, -0.1) is 0 Å². The van der Waals surface area contributed by atoms with Gasteiger partial charge in [0.1, 0.15) is 0 Å². The van der Waals surface area contributed by atoms with Crippen LogP contribution in [0.5, 0.6) is 0 Å². The van der Waals surface area contributed by atoms with Gasteiger partial charge >= 0.3 is 0 Å². The molecule has 1 saturated carbocycles. The first-order valence-corrected chi connectivity index (χ1v) is 9.51. The Bertz CT molecular complexity index is 906. The normalized spacial score (nSPS) is 24.4. The minimum Gasteiger partial charge on any atom is -0.309 e. The van der Waals surface area contributed by atoms with Gasteiger partial charge < -0.3 is 9.80 Å². The lowest BCUT2D eigenvalue weighted by atomic mass is 9.82. The van der Waals surface area contributed by atoms with Crippen LogP contribution in [-0.2, 0) is 10.5 Å². The van der Waals surface area contributed by atoms with Crippen LogP contribution in [0, 0.1) is 5.92 Å². The number of nitrogens with zero attached hydrogens (tertiary/aromatic N) is 2. The molecule has 0 spiro atoms. The zero-order valence-corrected chi connectivity index (χ0v) is 15.1. The molecule has 1 saturated heterocycles. The Morgan fingerprint density at radius 1 is 1.04 bits per heavy atom. The van der Waals surface area contributed by atoms with Gasteiger partial charge in [-0.2, -0.15) is 0 Å². The Kier molecular flexibility index (Phi) is 3.41. The average Bonchev–Trinajstić information content (AvgIpc) is 3.11. The van der Waals surface area contributed by atoms with Gasteiger partial charge in [-0.3, -0.25) is 9.59 Å². The molecule has 0 bridgehead atoms. The van der Waals surface area contributed by atoms with Crippen LogP contribution in [0.25, 0.3) is 0 Å². The second-order valence-corrected chi connectivity index (χ2v) is 7.74. The fourth-order valence-corrected chi connectivity index (χ4v) is 4.75. The molecule has 5 heteroatoms. The smallest absolute Gasteiger partial charge is 0.256 e. The molecule has 2 aliphatic heterocycles. The molecule has 3 aliphatic rings. The number of halogens is 1. The highest BCUT2D eigenvalue weighted by Gasteiger charge is 2.60. The van der Waals surface area contributed by atoms with Crippen molar-refractivity contribution in [3.05, 3.63) is 70.2 Å². The predicted octanol–water partition coefficient (Wildman–Crippen LogP) is 3.64. The Labute approximate surface area is 157 Å². The molecule has 1 aliphatic carbocycles. The van der Waals surface area contributed by atoms with E-state index in [1.807, 2.05) is 58.3 Å². The minimum atomic E-state index is -0.842. The summed E-state index contributed by atoms with van der Waals surface area (Å²) in [7, 11) is 0. The fraction of sp³-hybridized carbons (Fsp3) is 0.333. The van der Waals surface area contributed by atoms with Crippen molar-refractivity contribution in [2.45, 2.75) is 24.9 Å². The standard InChI is InChI=1S/C21H19ClN2O2/c22-16-10-8-15(9-11-16)21-18-7-2-1-6-17(18)20(26)24(21)13-12-23(21)19(25)14-4-3-5-14/h1-2,6-11,14H,3-5,12-13H2. The second-order valence-electron chi connectivity index (χ2n) is 7.30. The quantitative estimate of drug-likeness (QED) is 0.814. The van der Waals surface area contributed by atoms with E-state index >= 15 is 0 Å². The first-order valence-electron chi connectivity index (χ1n) is 9.13. The van der Waals surface area contributed by atoms with Crippen molar-refractivity contribution in [2.75, 3.05) is 13.1 Å². The number of hydrogen-bond acceptors (Lipinski definition) is 2. The second kappa shape index (κ2) is 5.58. The summed E-state index contributed by atoms with van der Waals surface area (Å²) in [5.41, 5.74) is 1.67. The molecule has 0 aromatic heterocycles. The molecule has 2 aromatic carbocycles. The zero-order chi connectivity index (χ0) is 17.9. The number of fused-ring (bicyclic) bond motifs is 3. The Hall–Kier alpha value is -2.33. The largest absolute Gasteiger partial charge is 0.309 e. The Morgan fingerprint density at radius 3 is 2.46 bits per heavy atom. The van der Waals surface area contributed by atoms with E-state index in [1.165, 1.54) is 0 Å². The lowest BCUT2D eigenvalue weighted by molar-refractivity contribution is -0.143. The molecule has 2 aromatic rings. The van der Waals surface area contributed by atoms with E-state index < -0.39 is 5.66 Å². The molecule has 26 heavy (non-hydrogen) atoms. The van der Waals surface area contributed by atoms with E-state index in [0.717, 1.165) is 30.4 Å². The van der Waals surface area contributed by atoms with Crippen molar-refractivity contribution in [3.8, 4) is 0 Å². The average molecular weight is 367 g/mol. The van der Waals surface area contributed by atoms with Crippen LogP contribution in [0.3, 0.4) is 0 Å². The van der Waals surface area contributed by atoms with E-state index in [2.05, 4.69) is 0 Å². The van der Waals surface area contributed by atoms with Crippen LogP contribution >= 0.6 is 11.6 Å². The monoisotopic (exact) mass is 366 g/mol. The summed E-state index contributed by atoms with van der Waals surface area (Å²) >= 11 is 6.11. The third-order valence-corrected chi connectivity index (χ3v) is 6.33. The molecule has 4 nitrogen and oxygen atoms in total. The third-order valence-electron chi connectivity index (χ3n) is 6.07. The molecule has 0 radical (unpaired) electrons. The topological polar surface area (TPSA) is 40.6 Å². The van der Waals surface area contributed by atoms with Crippen LogP contribution in [0.1, 0.15) is 40.7 Å². The van der Waals surface area contributed by atoms with Crippen molar-refractivity contribution in [3.63, 3.8) is 0 Å². The van der Waals surface area contributed by atoms with E-state index in [4.69, 9.17) is 11.6 Å². The van der Waals surface area contributed by atoms with Crippen molar-refractivity contribution < 1.29 is 9.59 Å². The van der Waals surface area contributed by atoms with Gasteiger partial charge in [0, 0.05) is 40.7 Å². The molecule has 0 N–H and O–H groups in total. The fourth-order valence-electron chi connectivity index (χ4n) is 4.62. The Balaban J connectivity index is 1.74. The number of carbonyl (C=O) groups excluding carboxylic acids is 2. The molecule has 1 unspecified atom stereocenters. The van der Waals surface area contributed by atoms with Gasteiger partial charge in [0.2, 0.25) is 5.91 Å². The highest BCUT2D eigenvalue weighted by atomic mass is 35.5. The van der Waals surface area contributed by atoms with Crippen molar-refractivity contribution in [1.29, 1.82) is 0 Å². The lowest BCUT2D eigenvalue weighted by Gasteiger charge is -2.43. The third kappa shape index (κ3) is 1.91. The maximum Gasteiger partial charge on any atom is 0.256 e. The van der Waals surface area contributed by atoms with E-state index in [-0.39, 0.29) is 17.7 Å². The van der Waals surface area contributed by atoms with Crippen LogP contribution in [0.15, 0.2) is 48.5 Å². The predicted molar refractivity (Wildman–Crippen MR) is 98.8 cm³/mol. The number of hydrogen-bond donors (Lipinski definition) is 0. The van der Waals surface area contributed by atoms with Gasteiger partial charge in [0.05, 0.1) is 0 Å². The summed E-state index contributed by atoms with van der Waals surface area (Å²) in [6.45, 7) is 1.12. The number of amides is 2. The van der Waals surface area contributed by atoms with Gasteiger partial charge in [-0.05, 0) is 31.0 Å². The first kappa shape index (κ1) is 15.9. The molecule has 2 heterocycles. The Morgan fingerprint density at radius 2 is 1.77 bits per heavy atom. The van der Waals surface area contributed by atoms with E-state index in [1.54, 1.807) is 0 Å². The van der Waals surface area contributed by atoms with Crippen LogP contribution in [-0.4, -0.2) is 34.7 Å². The van der Waals surface area contributed by atoms with Gasteiger partial charge in [-0.25, -0.2) is 0 Å². The highest BCUT2D eigenvalue weighted by Crippen LogP contribution is 2.50. The number of rotatable bonds is 2. The lowest BCUT2D eigenvalue weighted by Crippen LogP contribution is -2.53. The minimum absolute atomic E-state index is 0.000501. The highest BCUT2D eigenvalue weighted by molar-refractivity contribution is 6.30. The summed E-state index contributed by atoms with van der Waals surface area (Å²) in [4.78, 5) is 30.2. The summed E-state index contributed by atoms with van der Waals surface area (Å²) in [6.07, 6.45) is 3.00.